The number of ether oxygens (including phenoxy) is 5. The average Bonchev–Trinajstić information content (AvgIpc) is 1.65. The summed E-state index contributed by atoms with van der Waals surface area (Å²) in [4.78, 5) is 130. The van der Waals surface area contributed by atoms with Crippen molar-refractivity contribution in [2.75, 3.05) is 36.1 Å². The highest BCUT2D eigenvalue weighted by atomic mass is 16.5. The summed E-state index contributed by atoms with van der Waals surface area (Å²) in [6.07, 6.45) is 32.1. The molecule has 2 fully saturated rings. The number of nitrogens with zero attached hydrogens (tertiary/aromatic N) is 20. The van der Waals surface area contributed by atoms with Crippen LogP contribution in [0, 0.1) is 45.4 Å². The van der Waals surface area contributed by atoms with E-state index in [1.807, 2.05) is 72.8 Å². The van der Waals surface area contributed by atoms with Gasteiger partial charge in [-0.25, -0.2) is 79.0 Å². The molecule has 1 saturated heterocycles. The molecular weight excluding hydrogens is 1640 g/mol. The van der Waals surface area contributed by atoms with E-state index in [2.05, 4.69) is 120 Å². The van der Waals surface area contributed by atoms with E-state index in [1.165, 1.54) is 63.2 Å². The van der Waals surface area contributed by atoms with Crippen molar-refractivity contribution in [3.05, 3.63) is 257 Å². The van der Waals surface area contributed by atoms with Gasteiger partial charge in [0.05, 0.1) is 51.0 Å². The Morgan fingerprint density at radius 3 is 0.915 bits per heavy atom. The number of nitrogens with two attached hydrogens (primary N) is 4. The van der Waals surface area contributed by atoms with Crippen LogP contribution >= 0.6 is 0 Å². The summed E-state index contributed by atoms with van der Waals surface area (Å²) in [5.74, 6) is 9.72. The van der Waals surface area contributed by atoms with Gasteiger partial charge in [-0.3, -0.25) is 38.2 Å². The molecule has 1 saturated carbocycles. The molecule has 0 amide bonds. The number of anilines is 4. The van der Waals surface area contributed by atoms with Crippen molar-refractivity contribution >= 4 is 67.9 Å². The SMILES string of the molecule is CCCCCc1ccc(Oc2ccc(Cn3c(=O)[nH]c4c(N)nc(C)nc43)cn2)cn1.Cc1nc(N)c2[nH]c(=O)n(Cc3ccc(Oc4ccc(CCC5CCC5)nc4)nc3)c2n1.Cc1nc(N)c2[nH]c(=O)n(Cc3ccc(Oc4ccc(CCC5CCOCC5)nc4)nc3)c2n1.Cc1nc(N)c2[nH]c(=O)n(Cc3ccc(Oc4ccc(CCCC(C)C)nc4)nc3)c2n1. The molecule has 37 nitrogen and oxygen atoms in total. The molecule has 2 aliphatic rings. The molecule has 16 aromatic heterocycles. The molecule has 666 valence electrons. The molecule has 129 heavy (non-hydrogen) atoms. The molecular formula is C92H104N28O9. The first kappa shape index (κ1) is 88.8. The number of aryl methyl sites for hydroxylation is 8. The minimum Gasteiger partial charge on any atom is -0.437 e. The van der Waals surface area contributed by atoms with E-state index in [0.717, 1.165) is 128 Å². The maximum Gasteiger partial charge on any atom is 0.328 e. The quantitative estimate of drug-likeness (QED) is 0.0194. The molecule has 18 rings (SSSR count). The lowest BCUT2D eigenvalue weighted by atomic mass is 9.82. The van der Waals surface area contributed by atoms with Gasteiger partial charge in [0.15, 0.2) is 45.9 Å². The van der Waals surface area contributed by atoms with Gasteiger partial charge in [-0.05, 0) is 180 Å². The first-order valence-electron chi connectivity index (χ1n) is 43.3. The second-order valence-electron chi connectivity index (χ2n) is 32.5. The number of fused-ring (bicyclic) bond motifs is 4. The molecule has 0 aromatic carbocycles. The largest absolute Gasteiger partial charge is 0.437 e. The Balaban J connectivity index is 0.000000132. The second-order valence-corrected chi connectivity index (χ2v) is 32.5. The van der Waals surface area contributed by atoms with Crippen LogP contribution in [0.3, 0.4) is 0 Å². The topological polar surface area (TPSA) is 508 Å². The fraction of sp³-hybridized carbons (Fsp3) is 0.348. The van der Waals surface area contributed by atoms with E-state index in [9.17, 15) is 19.2 Å². The van der Waals surface area contributed by atoms with Gasteiger partial charge in [0.2, 0.25) is 23.5 Å². The van der Waals surface area contributed by atoms with Gasteiger partial charge in [-0.15, -0.1) is 0 Å². The number of nitrogen functional groups attached to an aromatic ring is 4. The maximum absolute atomic E-state index is 12.4. The summed E-state index contributed by atoms with van der Waals surface area (Å²) >= 11 is 0. The standard InChI is InChI=1S/C24H27N7O3.C23H25N7O2.C23H27N7O2.C22H25N7O2/c1-15-28-22(25)21-23(29-15)31(24(32)30-21)14-17-3-7-20(27-12-17)34-19-6-5-18(26-13-19)4-2-16-8-10-33-11-9-16;1-14-27-21(24)20-22(28-14)30(23(31)29-20)13-16-6-10-19(26-11-16)32-18-9-8-17(25-12-18)7-5-15-3-2-4-15;1-14(2)5-4-6-17-8-9-18(12-25-17)32-19-10-7-16(11-26-19)13-30-22-20(29-23(30)31)21(24)27-15(3)28-22;1-3-4-5-6-16-8-9-17(12-24-16)31-18-10-7-15(11-25-18)13-29-21-19(28-22(29)30)20(23)26-14(2)27-21/h3,5-7,12-13,16H,2,4,8-11,14H2,1H3,(H,30,32)(H2,25,28,29);6,8-12,15H,2-5,7,13H2,1H3,(H,29,31)(H2,24,27,28);7-12,14H,4-6,13H2,1-3H3,(H,29,31)(H2,24,27,28);7-12H,3-6,13H2,1-2H3,(H,28,30)(H2,23,26,27). The third-order valence-electron chi connectivity index (χ3n) is 22.1. The first-order chi connectivity index (χ1) is 62.5. The Bertz CT molecular complexity index is 6720. The molecule has 0 atom stereocenters. The van der Waals surface area contributed by atoms with E-state index < -0.39 is 0 Å². The number of aromatic nitrogens is 24. The normalized spacial score (nSPS) is 12.8. The van der Waals surface area contributed by atoms with Crippen molar-refractivity contribution < 1.29 is 23.7 Å². The third-order valence-corrected chi connectivity index (χ3v) is 22.1. The smallest absolute Gasteiger partial charge is 0.328 e. The maximum atomic E-state index is 12.4. The lowest BCUT2D eigenvalue weighted by molar-refractivity contribution is 0.0639. The van der Waals surface area contributed by atoms with Gasteiger partial charge >= 0.3 is 22.8 Å². The minimum atomic E-state index is -0.301. The number of hydrogen-bond acceptors (Lipinski definition) is 29. The van der Waals surface area contributed by atoms with E-state index in [4.69, 9.17) is 46.6 Å². The van der Waals surface area contributed by atoms with Gasteiger partial charge in [-0.2, -0.15) is 0 Å². The lowest BCUT2D eigenvalue weighted by Gasteiger charge is -2.24. The van der Waals surface area contributed by atoms with Crippen LogP contribution in [-0.2, 0) is 56.6 Å². The number of nitrogens with one attached hydrogen (secondary N) is 4. The summed E-state index contributed by atoms with van der Waals surface area (Å²) in [6.45, 7) is 16.5. The molecule has 1 aliphatic carbocycles. The second kappa shape index (κ2) is 41.4. The molecule has 0 radical (unpaired) electrons. The molecule has 12 N–H and O–H groups in total. The van der Waals surface area contributed by atoms with E-state index >= 15 is 0 Å². The summed E-state index contributed by atoms with van der Waals surface area (Å²) in [7, 11) is 0. The fourth-order valence-corrected chi connectivity index (χ4v) is 15.0. The van der Waals surface area contributed by atoms with Crippen LogP contribution in [0.2, 0.25) is 0 Å². The summed E-state index contributed by atoms with van der Waals surface area (Å²) in [5, 5.41) is 0. The predicted molar refractivity (Wildman–Crippen MR) is 488 cm³/mol. The Labute approximate surface area is 740 Å². The molecule has 0 unspecified atom stereocenters. The minimum absolute atomic E-state index is 0.253. The molecule has 17 heterocycles. The number of unbranched alkanes of at least 4 members (excludes halogenated alkanes) is 2. The zero-order valence-electron chi connectivity index (χ0n) is 73.1. The van der Waals surface area contributed by atoms with Crippen LogP contribution in [0.1, 0.15) is 166 Å². The van der Waals surface area contributed by atoms with Crippen molar-refractivity contribution in [1.82, 2.24) is 118 Å². The lowest BCUT2D eigenvalue weighted by Crippen LogP contribution is -2.18. The molecule has 0 spiro atoms. The Morgan fingerprint density at radius 1 is 0.364 bits per heavy atom. The number of hydrogen-bond donors (Lipinski definition) is 8. The van der Waals surface area contributed by atoms with Crippen molar-refractivity contribution in [1.29, 1.82) is 0 Å². The molecule has 0 bridgehead atoms. The van der Waals surface area contributed by atoms with Crippen LogP contribution in [-0.4, -0.2) is 131 Å². The van der Waals surface area contributed by atoms with Crippen LogP contribution < -0.4 is 64.6 Å². The highest BCUT2D eigenvalue weighted by Gasteiger charge is 2.22. The van der Waals surface area contributed by atoms with Gasteiger partial charge in [0, 0.05) is 85.0 Å². The van der Waals surface area contributed by atoms with E-state index in [0.29, 0.717) is 147 Å². The molecule has 1 aliphatic heterocycles. The highest BCUT2D eigenvalue weighted by Crippen LogP contribution is 2.32. The molecule has 37 heteroatoms. The fourth-order valence-electron chi connectivity index (χ4n) is 15.0. The van der Waals surface area contributed by atoms with Gasteiger partial charge in [0.25, 0.3) is 0 Å². The average molecular weight is 1750 g/mol. The van der Waals surface area contributed by atoms with Gasteiger partial charge < -0.3 is 66.6 Å². The number of aromatic amines is 4. The Hall–Kier alpha value is -15.0. The van der Waals surface area contributed by atoms with Crippen molar-refractivity contribution in [2.45, 2.75) is 177 Å². The zero-order valence-corrected chi connectivity index (χ0v) is 73.1. The van der Waals surface area contributed by atoms with E-state index in [1.54, 1.807) is 102 Å². The Morgan fingerprint density at radius 2 is 0.659 bits per heavy atom. The summed E-state index contributed by atoms with van der Waals surface area (Å²) in [6, 6.07) is 30.2. The number of imidazole rings is 4. The van der Waals surface area contributed by atoms with Gasteiger partial charge in [-0.1, -0.05) is 83.6 Å². The van der Waals surface area contributed by atoms with Crippen molar-refractivity contribution in [3.8, 4) is 46.5 Å². The summed E-state index contributed by atoms with van der Waals surface area (Å²) < 4.78 is 34.7. The third kappa shape index (κ3) is 23.4. The monoisotopic (exact) mass is 1740 g/mol. The predicted octanol–water partition coefficient (Wildman–Crippen LogP) is 13.4. The highest BCUT2D eigenvalue weighted by molar-refractivity contribution is 5.84. The number of H-pyrrole nitrogens is 4. The first-order valence-corrected chi connectivity index (χ1v) is 43.3. The van der Waals surface area contributed by atoms with Gasteiger partial charge in [0.1, 0.15) is 68.4 Å². The van der Waals surface area contributed by atoms with Crippen molar-refractivity contribution in [2.24, 2.45) is 17.8 Å². The van der Waals surface area contributed by atoms with Crippen LogP contribution in [0.5, 0.6) is 46.5 Å². The number of pyridine rings is 8. The van der Waals surface area contributed by atoms with Crippen LogP contribution in [0.15, 0.2) is 166 Å². The van der Waals surface area contributed by atoms with Crippen LogP contribution in [0.4, 0.5) is 23.3 Å². The van der Waals surface area contributed by atoms with E-state index in [-0.39, 0.29) is 46.0 Å². The van der Waals surface area contributed by atoms with Crippen molar-refractivity contribution in [3.63, 3.8) is 0 Å². The van der Waals surface area contributed by atoms with Crippen LogP contribution in [0.25, 0.3) is 44.7 Å². The Kier molecular flexibility index (Phi) is 28.5. The molecule has 16 aromatic rings. The summed E-state index contributed by atoms with van der Waals surface area (Å²) in [5.41, 5.74) is 33.7. The zero-order chi connectivity index (χ0) is 90.0. The number of rotatable bonds is 30.